The first-order valence-corrected chi connectivity index (χ1v) is 15.8. The van der Waals surface area contributed by atoms with E-state index >= 15 is 0 Å². The zero-order valence-corrected chi connectivity index (χ0v) is 26.8. The molecule has 3 aliphatic heterocycles. The number of halogens is 1. The van der Waals surface area contributed by atoms with Crippen LogP contribution >= 0.6 is 23.3 Å². The van der Waals surface area contributed by atoms with Gasteiger partial charge in [-0.25, -0.2) is 19.0 Å². The minimum atomic E-state index is -1.42. The fraction of sp³-hybridized carbons (Fsp3) is 0.542. The van der Waals surface area contributed by atoms with E-state index in [-0.39, 0.29) is 47.1 Å². The third-order valence-electron chi connectivity index (χ3n) is 6.53. The van der Waals surface area contributed by atoms with E-state index in [2.05, 4.69) is 35.1 Å². The zero-order chi connectivity index (χ0) is 34.1. The number of oxime groups is 1. The molecule has 23 heteroatoms. The molecular weight excluding hydrogens is 667 g/mol. The monoisotopic (exact) mass is 700 g/mol. The second-order valence-electron chi connectivity index (χ2n) is 9.68. The van der Waals surface area contributed by atoms with E-state index in [4.69, 9.17) is 31.1 Å². The lowest BCUT2D eigenvalue weighted by Crippen LogP contribution is -2.71. The van der Waals surface area contributed by atoms with E-state index in [1.165, 1.54) is 29.9 Å². The Hall–Kier alpha value is -4.61. The number of guanidine groups is 1. The Morgan fingerprint density at radius 2 is 2.06 bits per heavy atom. The van der Waals surface area contributed by atoms with Crippen molar-refractivity contribution < 1.29 is 42.6 Å². The number of nitrogen functional groups attached to an aromatic ring is 1. The Morgan fingerprint density at radius 1 is 1.32 bits per heavy atom. The number of thioether (sulfide) groups is 1. The molecule has 3 atom stereocenters. The van der Waals surface area contributed by atoms with Crippen LogP contribution in [0.15, 0.2) is 21.5 Å². The number of hydrazone groups is 1. The van der Waals surface area contributed by atoms with Gasteiger partial charge in [0.15, 0.2) is 5.13 Å². The number of nitrogens with one attached hydrogen (secondary N) is 3. The lowest BCUT2D eigenvalue weighted by Gasteiger charge is -2.49. The second-order valence-corrected chi connectivity index (χ2v) is 11.6. The predicted molar refractivity (Wildman–Crippen MR) is 165 cm³/mol. The summed E-state index contributed by atoms with van der Waals surface area (Å²) in [6, 6.07) is -1.16. The van der Waals surface area contributed by atoms with Gasteiger partial charge in [0.2, 0.25) is 23.8 Å². The van der Waals surface area contributed by atoms with Crippen molar-refractivity contribution in [2.45, 2.75) is 24.6 Å². The minimum Gasteiger partial charge on any atom is -0.433 e. The average molecular weight is 701 g/mol. The van der Waals surface area contributed by atoms with E-state index in [1.807, 2.05) is 4.90 Å². The largest absolute Gasteiger partial charge is 0.511 e. The Balaban J connectivity index is 1.55. The van der Waals surface area contributed by atoms with Gasteiger partial charge in [0, 0.05) is 69.6 Å². The summed E-state index contributed by atoms with van der Waals surface area (Å²) in [6.07, 6.45) is -1.21. The van der Waals surface area contributed by atoms with E-state index in [0.717, 1.165) is 16.4 Å². The number of nitrogens with two attached hydrogens (primary N) is 2. The number of carbonyl (C=O) groups is 4. The minimum absolute atomic E-state index is 0.0107. The highest BCUT2D eigenvalue weighted by Gasteiger charge is 2.55. The summed E-state index contributed by atoms with van der Waals surface area (Å²) in [5.74, 6) is -2.69. The van der Waals surface area contributed by atoms with Crippen molar-refractivity contribution >= 4 is 70.3 Å². The number of aromatic nitrogens is 2. The molecule has 3 unspecified atom stereocenters. The quantitative estimate of drug-likeness (QED) is 0.0401. The van der Waals surface area contributed by atoms with Crippen molar-refractivity contribution in [3.63, 3.8) is 0 Å². The van der Waals surface area contributed by atoms with Crippen molar-refractivity contribution in [3.8, 4) is 0 Å². The third kappa shape index (κ3) is 8.60. The first-order valence-electron chi connectivity index (χ1n) is 14.0. The first kappa shape index (κ1) is 35.2. The van der Waals surface area contributed by atoms with Gasteiger partial charge in [-0.3, -0.25) is 19.9 Å². The smallest absolute Gasteiger partial charge is 0.433 e. The number of hydrogen-bond acceptors (Lipinski definition) is 18. The van der Waals surface area contributed by atoms with Crippen LogP contribution in [0.4, 0.5) is 14.3 Å². The van der Waals surface area contributed by atoms with E-state index in [9.17, 15) is 23.6 Å². The highest BCUT2D eigenvalue weighted by Crippen LogP contribution is 2.40. The van der Waals surface area contributed by atoms with E-state index < -0.39 is 54.2 Å². The number of anilines is 1. The van der Waals surface area contributed by atoms with Crippen LogP contribution in [0.25, 0.3) is 0 Å². The number of β-lactam (4-membered cyclic amide) rings is 1. The van der Waals surface area contributed by atoms with Gasteiger partial charge in [0.05, 0.1) is 6.21 Å². The number of rotatable bonds is 12. The van der Waals surface area contributed by atoms with Crippen molar-refractivity contribution in [3.05, 3.63) is 17.1 Å². The molecule has 2 amide bonds. The maximum Gasteiger partial charge on any atom is 0.511 e. The molecule has 0 saturated carbocycles. The highest BCUT2D eigenvalue weighted by atomic mass is 32.2. The number of esters is 1. The van der Waals surface area contributed by atoms with Crippen molar-refractivity contribution in [1.82, 2.24) is 34.8 Å². The Morgan fingerprint density at radius 3 is 2.72 bits per heavy atom. The van der Waals surface area contributed by atoms with Gasteiger partial charge in [-0.15, -0.1) is 11.8 Å². The van der Waals surface area contributed by atoms with Crippen LogP contribution in [0.2, 0.25) is 0 Å². The van der Waals surface area contributed by atoms with Gasteiger partial charge >= 0.3 is 12.1 Å². The number of hydrogen-bond donors (Lipinski definition) is 5. The van der Waals surface area contributed by atoms with Gasteiger partial charge in [-0.05, 0) is 0 Å². The maximum atomic E-state index is 13.5. The topological polar surface area (TPSA) is 265 Å². The molecule has 4 heterocycles. The molecule has 0 aliphatic carbocycles. The number of carbonyl (C=O) groups excluding carboxylic acids is 4. The van der Waals surface area contributed by atoms with Gasteiger partial charge < -0.3 is 46.0 Å². The van der Waals surface area contributed by atoms with Crippen LogP contribution in [0.5, 0.6) is 0 Å². The summed E-state index contributed by atoms with van der Waals surface area (Å²) in [4.78, 5) is 63.0. The zero-order valence-electron chi connectivity index (χ0n) is 25.2. The van der Waals surface area contributed by atoms with Gasteiger partial charge in [0.1, 0.15) is 23.7 Å². The molecule has 1 aromatic heterocycles. The fourth-order valence-electron chi connectivity index (χ4n) is 4.38. The molecule has 2 saturated heterocycles. The van der Waals surface area contributed by atoms with Crippen LogP contribution in [0.3, 0.4) is 0 Å². The summed E-state index contributed by atoms with van der Waals surface area (Å²) in [5, 5.41) is 22.4. The number of nitrogens with zero attached hydrogens (tertiary/aromatic N) is 7. The molecule has 4 rings (SSSR count). The Labute approximate surface area is 275 Å². The summed E-state index contributed by atoms with van der Waals surface area (Å²) < 4.78 is 31.5. The maximum absolute atomic E-state index is 13.5. The van der Waals surface area contributed by atoms with Crippen LogP contribution in [-0.2, 0) is 33.4 Å². The lowest BCUT2D eigenvalue weighted by molar-refractivity contribution is -0.168. The van der Waals surface area contributed by atoms with Crippen molar-refractivity contribution in [1.29, 1.82) is 5.41 Å². The number of piperazine rings is 1. The molecule has 0 aromatic carbocycles. The Kier molecular flexibility index (Phi) is 12.2. The van der Waals surface area contributed by atoms with E-state index in [1.54, 1.807) is 7.05 Å². The summed E-state index contributed by atoms with van der Waals surface area (Å²) in [5.41, 5.74) is 10.4. The second kappa shape index (κ2) is 16.3. The SMILES string of the molecule is CC(OC(=O)OCCN)OC(=O)C1=C(/C=N/N(C)C(=N)N2CCNCC2)CSC2C(NC(=O)/C(=N\OCF)c3nsc(N)n3)C(=O)N12. The molecule has 1 aromatic rings. The fourth-order valence-corrected chi connectivity index (χ4v) is 6.11. The van der Waals surface area contributed by atoms with Crippen LogP contribution in [0.1, 0.15) is 12.7 Å². The summed E-state index contributed by atoms with van der Waals surface area (Å²) in [7, 11) is 1.57. The van der Waals surface area contributed by atoms with Gasteiger partial charge in [-0.2, -0.15) is 14.5 Å². The standard InChI is InChI=1S/C24H33FN12O8S2/c1-12(45-24(41)42-8-3-26)44-21(40)16-13(9-30-35(2)23(28)36-6-4-29-5-7-36)10-46-20-15(19(39)37(16)20)31-18(38)14(33-43-11-25)17-32-22(27)47-34-17/h9,12,15,20,28-29H,3-8,10-11,26H2,1-2H3,(H,31,38)(H2,27,32,34)/b28-23?,30-9+,33-14-. The Bertz CT molecular complexity index is 1450. The van der Waals surface area contributed by atoms with Crippen LogP contribution in [0, 0.1) is 5.41 Å². The highest BCUT2D eigenvalue weighted by molar-refractivity contribution is 8.00. The average Bonchev–Trinajstić information content (AvgIpc) is 3.50. The molecule has 7 N–H and O–H groups in total. The normalized spacial score (nSPS) is 20.3. The molecule has 2 fully saturated rings. The number of ether oxygens (including phenoxy) is 3. The molecule has 256 valence electrons. The molecular formula is C24H33FN12O8S2. The van der Waals surface area contributed by atoms with E-state index in [0.29, 0.717) is 26.2 Å². The number of amides is 2. The summed E-state index contributed by atoms with van der Waals surface area (Å²) >= 11 is 1.96. The number of fused-ring (bicyclic) bond motifs is 1. The molecule has 20 nitrogen and oxygen atoms in total. The third-order valence-corrected chi connectivity index (χ3v) is 8.38. The predicted octanol–water partition coefficient (Wildman–Crippen LogP) is -1.82. The van der Waals surface area contributed by atoms with Crippen molar-refractivity contribution in [2.75, 3.05) is 64.7 Å². The molecule has 3 aliphatic rings. The van der Waals surface area contributed by atoms with Gasteiger partial charge in [0.25, 0.3) is 18.7 Å². The first-order chi connectivity index (χ1) is 22.5. The van der Waals surface area contributed by atoms with Crippen LogP contribution in [-0.4, -0.2) is 143 Å². The van der Waals surface area contributed by atoms with Crippen molar-refractivity contribution in [2.24, 2.45) is 16.0 Å². The van der Waals surface area contributed by atoms with Crippen LogP contribution < -0.4 is 22.1 Å². The van der Waals surface area contributed by atoms with Gasteiger partial charge in [-0.1, -0.05) is 5.16 Å². The number of alkyl halides is 1. The molecule has 0 bridgehead atoms. The molecule has 0 radical (unpaired) electrons. The molecule has 47 heavy (non-hydrogen) atoms. The molecule has 0 spiro atoms. The summed E-state index contributed by atoms with van der Waals surface area (Å²) in [6.45, 7) is 2.49. The lowest BCUT2D eigenvalue weighted by atomic mass is 10.0.